The van der Waals surface area contributed by atoms with Crippen LogP contribution in [0.4, 0.5) is 4.39 Å². The lowest BCUT2D eigenvalue weighted by molar-refractivity contribution is -0.110. The van der Waals surface area contributed by atoms with E-state index in [4.69, 9.17) is 4.74 Å². The minimum Gasteiger partial charge on any atom is -0.385 e. The van der Waals surface area contributed by atoms with Crippen molar-refractivity contribution in [3.63, 3.8) is 0 Å². The molecule has 2 nitrogen and oxygen atoms in total. The summed E-state index contributed by atoms with van der Waals surface area (Å²) in [6.45, 7) is 4.40. The van der Waals surface area contributed by atoms with Crippen molar-refractivity contribution in [1.82, 2.24) is 0 Å². The number of aryl methyl sites for hydroxylation is 1. The average molecular weight is 252 g/mol. The van der Waals surface area contributed by atoms with Crippen LogP contribution in [0.2, 0.25) is 0 Å². The van der Waals surface area contributed by atoms with Crippen LogP contribution in [-0.4, -0.2) is 17.8 Å². The predicted octanol–water partition coefficient (Wildman–Crippen LogP) is 3.30. The van der Waals surface area contributed by atoms with E-state index >= 15 is 0 Å². The summed E-state index contributed by atoms with van der Waals surface area (Å²) in [7, 11) is 0. The zero-order valence-electron chi connectivity index (χ0n) is 11.1. The van der Waals surface area contributed by atoms with Crippen molar-refractivity contribution in [1.29, 1.82) is 0 Å². The summed E-state index contributed by atoms with van der Waals surface area (Å²) in [5.74, 6) is -0.223. The van der Waals surface area contributed by atoms with Crippen LogP contribution >= 0.6 is 0 Å². The standard InChI is InChI=1S/C15H21FO2/c1-3-4-13-10-15(17,7-8-18-13)12-5-6-14(16)11(2)9-12/h5-6,9,13,17H,3-4,7-8,10H2,1-2H3. The van der Waals surface area contributed by atoms with E-state index in [1.165, 1.54) is 6.07 Å². The third-order valence-corrected chi connectivity index (χ3v) is 3.74. The number of ether oxygens (including phenoxy) is 1. The molecule has 0 amide bonds. The summed E-state index contributed by atoms with van der Waals surface area (Å²) < 4.78 is 18.9. The normalized spacial score (nSPS) is 28.3. The smallest absolute Gasteiger partial charge is 0.126 e. The van der Waals surface area contributed by atoms with Crippen molar-refractivity contribution >= 4 is 0 Å². The topological polar surface area (TPSA) is 29.5 Å². The van der Waals surface area contributed by atoms with Crippen molar-refractivity contribution in [2.75, 3.05) is 6.61 Å². The molecule has 2 rings (SSSR count). The number of halogens is 1. The first-order valence-electron chi connectivity index (χ1n) is 6.66. The van der Waals surface area contributed by atoms with E-state index in [-0.39, 0.29) is 11.9 Å². The Morgan fingerprint density at radius 2 is 2.28 bits per heavy atom. The summed E-state index contributed by atoms with van der Waals surface area (Å²) in [5, 5.41) is 10.8. The highest BCUT2D eigenvalue weighted by Gasteiger charge is 2.36. The predicted molar refractivity (Wildman–Crippen MR) is 68.9 cm³/mol. The van der Waals surface area contributed by atoms with Gasteiger partial charge < -0.3 is 9.84 Å². The van der Waals surface area contributed by atoms with E-state index in [1.54, 1.807) is 19.1 Å². The fraction of sp³-hybridized carbons (Fsp3) is 0.600. The highest BCUT2D eigenvalue weighted by molar-refractivity contribution is 5.29. The first-order valence-corrected chi connectivity index (χ1v) is 6.66. The molecule has 3 heteroatoms. The average Bonchev–Trinajstić information content (AvgIpc) is 2.33. The second-order valence-electron chi connectivity index (χ2n) is 5.23. The van der Waals surface area contributed by atoms with Gasteiger partial charge in [-0.1, -0.05) is 25.5 Å². The molecule has 0 bridgehead atoms. The minimum absolute atomic E-state index is 0.110. The fourth-order valence-electron chi connectivity index (χ4n) is 2.64. The summed E-state index contributed by atoms with van der Waals surface area (Å²) in [4.78, 5) is 0. The summed E-state index contributed by atoms with van der Waals surface area (Å²) in [6.07, 6.45) is 3.30. The van der Waals surface area contributed by atoms with Gasteiger partial charge in [0.25, 0.3) is 0 Å². The van der Waals surface area contributed by atoms with Crippen molar-refractivity contribution < 1.29 is 14.2 Å². The first kappa shape index (κ1) is 13.5. The molecule has 1 heterocycles. The van der Waals surface area contributed by atoms with E-state index in [1.807, 2.05) is 0 Å². The van der Waals surface area contributed by atoms with Crippen LogP contribution in [0.3, 0.4) is 0 Å². The van der Waals surface area contributed by atoms with Crippen molar-refractivity contribution in [2.24, 2.45) is 0 Å². The Kier molecular flexibility index (Phi) is 4.03. The van der Waals surface area contributed by atoms with Crippen LogP contribution in [0.5, 0.6) is 0 Å². The second kappa shape index (κ2) is 5.37. The van der Waals surface area contributed by atoms with Gasteiger partial charge in [0.2, 0.25) is 0 Å². The largest absolute Gasteiger partial charge is 0.385 e. The molecule has 1 aromatic rings. The molecule has 0 radical (unpaired) electrons. The Balaban J connectivity index is 2.21. The van der Waals surface area contributed by atoms with Gasteiger partial charge in [-0.25, -0.2) is 4.39 Å². The SMILES string of the molecule is CCCC1CC(O)(c2ccc(F)c(C)c2)CCO1. The number of hydrogen-bond acceptors (Lipinski definition) is 2. The lowest BCUT2D eigenvalue weighted by Crippen LogP contribution is -2.38. The van der Waals surface area contributed by atoms with Gasteiger partial charge in [0.1, 0.15) is 5.82 Å². The zero-order chi connectivity index (χ0) is 13.2. The highest BCUT2D eigenvalue weighted by atomic mass is 19.1. The maximum atomic E-state index is 13.3. The number of benzene rings is 1. The van der Waals surface area contributed by atoms with Gasteiger partial charge in [0.15, 0.2) is 0 Å². The van der Waals surface area contributed by atoms with Crippen LogP contribution in [0.25, 0.3) is 0 Å². The number of rotatable bonds is 3. The summed E-state index contributed by atoms with van der Waals surface area (Å²) in [6, 6.07) is 4.88. The number of aliphatic hydroxyl groups is 1. The molecule has 0 saturated carbocycles. The monoisotopic (exact) mass is 252 g/mol. The Hall–Kier alpha value is -0.930. The molecule has 2 atom stereocenters. The molecule has 2 unspecified atom stereocenters. The molecule has 1 saturated heterocycles. The van der Waals surface area contributed by atoms with Gasteiger partial charge in [-0.2, -0.15) is 0 Å². The third-order valence-electron chi connectivity index (χ3n) is 3.74. The Bertz CT molecular complexity index is 417. The summed E-state index contributed by atoms with van der Waals surface area (Å²) in [5.41, 5.74) is 0.529. The zero-order valence-corrected chi connectivity index (χ0v) is 11.1. The molecule has 100 valence electrons. The Morgan fingerprint density at radius 3 is 2.94 bits per heavy atom. The van der Waals surface area contributed by atoms with Crippen molar-refractivity contribution in [3.05, 3.63) is 35.1 Å². The molecule has 1 aromatic carbocycles. The molecule has 0 spiro atoms. The highest BCUT2D eigenvalue weighted by Crippen LogP contribution is 2.36. The maximum Gasteiger partial charge on any atom is 0.126 e. The van der Waals surface area contributed by atoms with E-state index in [0.29, 0.717) is 25.0 Å². The molecular formula is C15H21FO2. The summed E-state index contributed by atoms with van der Waals surface area (Å²) >= 11 is 0. The molecule has 1 aliphatic rings. The van der Waals surface area contributed by atoms with Crippen LogP contribution in [-0.2, 0) is 10.3 Å². The van der Waals surface area contributed by atoms with Gasteiger partial charge in [0, 0.05) is 12.8 Å². The second-order valence-corrected chi connectivity index (χ2v) is 5.23. The van der Waals surface area contributed by atoms with Gasteiger partial charge >= 0.3 is 0 Å². The number of hydrogen-bond donors (Lipinski definition) is 1. The molecule has 0 aromatic heterocycles. The molecule has 0 aliphatic carbocycles. The van der Waals surface area contributed by atoms with Crippen LogP contribution in [0.15, 0.2) is 18.2 Å². The van der Waals surface area contributed by atoms with Gasteiger partial charge in [0.05, 0.1) is 18.3 Å². The first-order chi connectivity index (χ1) is 8.55. The van der Waals surface area contributed by atoms with Crippen LogP contribution in [0, 0.1) is 12.7 Å². The maximum absolute atomic E-state index is 13.3. The van der Waals surface area contributed by atoms with Crippen molar-refractivity contribution in [2.45, 2.75) is 51.2 Å². The molecule has 1 N–H and O–H groups in total. The lowest BCUT2D eigenvalue weighted by atomic mass is 9.82. The minimum atomic E-state index is -0.865. The third kappa shape index (κ3) is 2.73. The van der Waals surface area contributed by atoms with Gasteiger partial charge in [-0.15, -0.1) is 0 Å². The van der Waals surface area contributed by atoms with Crippen LogP contribution < -0.4 is 0 Å². The van der Waals surface area contributed by atoms with E-state index in [0.717, 1.165) is 18.4 Å². The van der Waals surface area contributed by atoms with E-state index < -0.39 is 5.60 Å². The molecule has 18 heavy (non-hydrogen) atoms. The Labute approximate surface area is 108 Å². The Morgan fingerprint density at radius 1 is 1.50 bits per heavy atom. The lowest BCUT2D eigenvalue weighted by Gasteiger charge is -2.37. The van der Waals surface area contributed by atoms with Crippen molar-refractivity contribution in [3.8, 4) is 0 Å². The quantitative estimate of drug-likeness (QED) is 0.894. The van der Waals surface area contributed by atoms with Crippen LogP contribution in [0.1, 0.15) is 43.7 Å². The fourth-order valence-corrected chi connectivity index (χ4v) is 2.64. The molecule has 1 fully saturated rings. The van der Waals surface area contributed by atoms with Gasteiger partial charge in [-0.3, -0.25) is 0 Å². The van der Waals surface area contributed by atoms with E-state index in [9.17, 15) is 9.50 Å². The van der Waals surface area contributed by atoms with Gasteiger partial charge in [-0.05, 0) is 30.5 Å². The molecule has 1 aliphatic heterocycles. The van der Waals surface area contributed by atoms with E-state index in [2.05, 4.69) is 6.92 Å². The molecular weight excluding hydrogens is 231 g/mol.